The van der Waals surface area contributed by atoms with Crippen LogP contribution in [-0.2, 0) is 4.74 Å². The Hall–Kier alpha value is -2.41. The van der Waals surface area contributed by atoms with E-state index in [4.69, 9.17) is 20.0 Å². The third kappa shape index (κ3) is 2.19. The second kappa shape index (κ2) is 5.34. The maximum absolute atomic E-state index is 6.16. The highest BCUT2D eigenvalue weighted by Crippen LogP contribution is 2.38. The molecule has 0 amide bonds. The van der Waals surface area contributed by atoms with Gasteiger partial charge < -0.3 is 14.9 Å². The van der Waals surface area contributed by atoms with Gasteiger partial charge in [0.15, 0.2) is 17.6 Å². The van der Waals surface area contributed by atoms with E-state index in [9.17, 15) is 0 Å². The highest BCUT2D eigenvalue weighted by Gasteiger charge is 2.34. The lowest BCUT2D eigenvalue weighted by Gasteiger charge is -2.13. The molecule has 2 N–H and O–H groups in total. The van der Waals surface area contributed by atoms with Gasteiger partial charge in [-0.1, -0.05) is 13.8 Å². The summed E-state index contributed by atoms with van der Waals surface area (Å²) in [7, 11) is 0. The van der Waals surface area contributed by atoms with Crippen LogP contribution in [0.4, 0.5) is 5.82 Å². The molecule has 23 heavy (non-hydrogen) atoms. The van der Waals surface area contributed by atoms with Crippen molar-refractivity contribution in [1.82, 2.24) is 19.7 Å². The van der Waals surface area contributed by atoms with Crippen LogP contribution in [0.1, 0.15) is 32.9 Å². The number of nitrogens with zero attached hydrogens (tertiary/aromatic N) is 4. The number of hydrogen-bond donors (Lipinski definition) is 1. The van der Waals surface area contributed by atoms with E-state index in [2.05, 4.69) is 23.8 Å². The Balaban J connectivity index is 1.87. The minimum Gasteiger partial charge on any atom is -0.463 e. The predicted molar refractivity (Wildman–Crippen MR) is 85.4 cm³/mol. The van der Waals surface area contributed by atoms with Crippen LogP contribution in [0.5, 0.6) is 0 Å². The van der Waals surface area contributed by atoms with E-state index in [1.54, 1.807) is 6.26 Å². The molecule has 0 aromatic carbocycles. The summed E-state index contributed by atoms with van der Waals surface area (Å²) in [6.07, 6.45) is 5.05. The lowest BCUT2D eigenvalue weighted by molar-refractivity contribution is -0.00936. The zero-order valence-corrected chi connectivity index (χ0v) is 13.1. The SMILES string of the molecule is CCC1OC(n2nc(-c3ccco3)c3c(N)ncnc32)CC1C. The first-order chi connectivity index (χ1) is 11.2. The topological polar surface area (TPSA) is 92.0 Å². The Bertz CT molecular complexity index is 826. The Morgan fingerprint density at radius 3 is 2.96 bits per heavy atom. The van der Waals surface area contributed by atoms with Crippen molar-refractivity contribution < 1.29 is 9.15 Å². The molecule has 1 fully saturated rings. The molecule has 3 unspecified atom stereocenters. The number of rotatable bonds is 3. The zero-order chi connectivity index (χ0) is 16.0. The predicted octanol–water partition coefficient (Wildman–Crippen LogP) is 3.00. The van der Waals surface area contributed by atoms with E-state index in [1.807, 2.05) is 16.8 Å². The maximum atomic E-state index is 6.16. The van der Waals surface area contributed by atoms with Crippen LogP contribution in [0.25, 0.3) is 22.5 Å². The molecule has 3 aromatic heterocycles. The van der Waals surface area contributed by atoms with Crippen LogP contribution in [0.2, 0.25) is 0 Å². The second-order valence-electron chi connectivity index (χ2n) is 5.98. The molecule has 4 rings (SSSR count). The first kappa shape index (κ1) is 14.2. The highest BCUT2D eigenvalue weighted by atomic mass is 16.5. The van der Waals surface area contributed by atoms with E-state index >= 15 is 0 Å². The average molecular weight is 313 g/mol. The number of anilines is 1. The lowest BCUT2D eigenvalue weighted by atomic mass is 10.0. The molecular weight excluding hydrogens is 294 g/mol. The fraction of sp³-hybridized carbons (Fsp3) is 0.438. The molecule has 0 bridgehead atoms. The molecular formula is C16H19N5O2. The number of ether oxygens (including phenoxy) is 1. The molecule has 0 spiro atoms. The number of hydrogen-bond acceptors (Lipinski definition) is 6. The summed E-state index contributed by atoms with van der Waals surface area (Å²) in [5.74, 6) is 1.52. The van der Waals surface area contributed by atoms with E-state index in [0.717, 1.165) is 12.8 Å². The molecule has 1 aliphatic heterocycles. The van der Waals surface area contributed by atoms with Crippen molar-refractivity contribution in [3.05, 3.63) is 24.7 Å². The Kier molecular flexibility index (Phi) is 3.30. The fourth-order valence-electron chi connectivity index (χ4n) is 3.30. The number of nitrogens with two attached hydrogens (primary N) is 1. The normalized spacial score (nSPS) is 24.5. The van der Waals surface area contributed by atoms with Gasteiger partial charge in [-0.3, -0.25) is 0 Å². The van der Waals surface area contributed by atoms with Crippen LogP contribution in [0, 0.1) is 5.92 Å². The van der Waals surface area contributed by atoms with Crippen molar-refractivity contribution in [2.45, 2.75) is 39.0 Å². The van der Waals surface area contributed by atoms with Gasteiger partial charge in [0.25, 0.3) is 0 Å². The number of aromatic nitrogens is 4. The van der Waals surface area contributed by atoms with Crippen LogP contribution >= 0.6 is 0 Å². The van der Waals surface area contributed by atoms with Crippen LogP contribution in [-0.4, -0.2) is 25.9 Å². The smallest absolute Gasteiger partial charge is 0.166 e. The van der Waals surface area contributed by atoms with Gasteiger partial charge in [0.1, 0.15) is 17.8 Å². The molecule has 3 aromatic rings. The maximum Gasteiger partial charge on any atom is 0.166 e. The zero-order valence-electron chi connectivity index (χ0n) is 13.1. The minimum atomic E-state index is -0.143. The van der Waals surface area contributed by atoms with Crippen molar-refractivity contribution in [3.8, 4) is 11.5 Å². The van der Waals surface area contributed by atoms with Crippen molar-refractivity contribution >= 4 is 16.9 Å². The van der Waals surface area contributed by atoms with Gasteiger partial charge in [0.2, 0.25) is 0 Å². The van der Waals surface area contributed by atoms with Crippen molar-refractivity contribution in [2.75, 3.05) is 5.73 Å². The quantitative estimate of drug-likeness (QED) is 0.799. The van der Waals surface area contributed by atoms with E-state index < -0.39 is 0 Å². The highest BCUT2D eigenvalue weighted by molar-refractivity contribution is 5.97. The molecule has 0 saturated carbocycles. The molecule has 120 valence electrons. The molecule has 7 heteroatoms. The Labute approximate surface area is 133 Å². The molecule has 7 nitrogen and oxygen atoms in total. The van der Waals surface area contributed by atoms with Gasteiger partial charge in [-0.15, -0.1) is 0 Å². The van der Waals surface area contributed by atoms with Gasteiger partial charge >= 0.3 is 0 Å². The van der Waals surface area contributed by atoms with Crippen molar-refractivity contribution in [3.63, 3.8) is 0 Å². The molecule has 0 aliphatic carbocycles. The van der Waals surface area contributed by atoms with Crippen LogP contribution in [0.15, 0.2) is 29.1 Å². The first-order valence-corrected chi connectivity index (χ1v) is 7.87. The standard InChI is InChI=1S/C16H19N5O2/c1-3-10-9(2)7-12(23-10)21-16-13(15(17)18-8-19-16)14(20-21)11-5-4-6-22-11/h4-6,8-10,12H,3,7H2,1-2H3,(H2,17,18,19). The van der Waals surface area contributed by atoms with Gasteiger partial charge in [0, 0.05) is 0 Å². The summed E-state index contributed by atoms with van der Waals surface area (Å²) in [6, 6.07) is 3.67. The number of nitrogen functional groups attached to an aromatic ring is 1. The molecule has 4 heterocycles. The third-order valence-corrected chi connectivity index (χ3v) is 4.49. The summed E-state index contributed by atoms with van der Waals surface area (Å²) < 4.78 is 13.5. The third-order valence-electron chi connectivity index (χ3n) is 4.49. The summed E-state index contributed by atoms with van der Waals surface area (Å²) in [6.45, 7) is 4.34. The fourth-order valence-corrected chi connectivity index (χ4v) is 3.30. The molecule has 0 radical (unpaired) electrons. The van der Waals surface area contributed by atoms with E-state index in [1.165, 1.54) is 6.33 Å². The monoisotopic (exact) mass is 313 g/mol. The Morgan fingerprint density at radius 1 is 1.39 bits per heavy atom. The van der Waals surface area contributed by atoms with Crippen LogP contribution in [0.3, 0.4) is 0 Å². The molecule has 1 aliphatic rings. The summed E-state index contributed by atoms with van der Waals surface area (Å²) >= 11 is 0. The van der Waals surface area contributed by atoms with Gasteiger partial charge in [-0.05, 0) is 30.9 Å². The summed E-state index contributed by atoms with van der Waals surface area (Å²) in [5.41, 5.74) is 7.40. The van der Waals surface area contributed by atoms with Gasteiger partial charge in [-0.2, -0.15) is 5.10 Å². The largest absolute Gasteiger partial charge is 0.463 e. The number of fused-ring (bicyclic) bond motifs is 1. The minimum absolute atomic E-state index is 0.143. The number of furan rings is 1. The summed E-state index contributed by atoms with van der Waals surface area (Å²) in [5, 5.41) is 5.40. The van der Waals surface area contributed by atoms with Crippen LogP contribution < -0.4 is 5.73 Å². The molecule has 1 saturated heterocycles. The van der Waals surface area contributed by atoms with E-state index in [-0.39, 0.29) is 12.3 Å². The first-order valence-electron chi connectivity index (χ1n) is 7.87. The second-order valence-corrected chi connectivity index (χ2v) is 5.98. The van der Waals surface area contributed by atoms with Crippen molar-refractivity contribution in [2.24, 2.45) is 5.92 Å². The molecule has 3 atom stereocenters. The Morgan fingerprint density at radius 2 is 2.26 bits per heavy atom. The summed E-state index contributed by atoms with van der Waals surface area (Å²) in [4.78, 5) is 8.48. The van der Waals surface area contributed by atoms with Crippen molar-refractivity contribution in [1.29, 1.82) is 0 Å². The van der Waals surface area contributed by atoms with E-state index in [0.29, 0.717) is 34.2 Å². The van der Waals surface area contributed by atoms with Gasteiger partial charge in [0.05, 0.1) is 17.8 Å². The average Bonchev–Trinajstić information content (AvgIpc) is 3.24. The van der Waals surface area contributed by atoms with Gasteiger partial charge in [-0.25, -0.2) is 14.6 Å². The lowest BCUT2D eigenvalue weighted by Crippen LogP contribution is -2.13.